The molecule has 0 aliphatic carbocycles. The zero-order valence-electron chi connectivity index (χ0n) is 6.07. The van der Waals surface area contributed by atoms with Gasteiger partial charge in [-0.1, -0.05) is 0 Å². The first kappa shape index (κ1) is 11.7. The maximum atomic E-state index is 11.7. The zero-order chi connectivity index (χ0) is 9.83. The standard InChI is InChI=1S/C5H8F4O2S/c6-5(7,8)3-1-2-4-12(9,10)11/h1-4H2. The van der Waals surface area contributed by atoms with E-state index in [0.29, 0.717) is 0 Å². The molecule has 0 N–H and O–H groups in total. The van der Waals surface area contributed by atoms with E-state index in [-0.39, 0.29) is 12.8 Å². The van der Waals surface area contributed by atoms with Crippen molar-refractivity contribution >= 4 is 10.2 Å². The minimum Gasteiger partial charge on any atom is -0.195 e. The van der Waals surface area contributed by atoms with Crippen molar-refractivity contribution in [3.63, 3.8) is 0 Å². The van der Waals surface area contributed by atoms with Gasteiger partial charge in [0.15, 0.2) is 0 Å². The van der Waals surface area contributed by atoms with E-state index < -0.39 is 28.6 Å². The number of unbranched alkanes of at least 4 members (excludes halogenated alkanes) is 1. The molecular formula is C5H8F4O2S. The fourth-order valence-electron chi connectivity index (χ4n) is 0.600. The van der Waals surface area contributed by atoms with Gasteiger partial charge in [-0.2, -0.15) is 21.6 Å². The first-order valence-corrected chi connectivity index (χ1v) is 4.75. The van der Waals surface area contributed by atoms with Crippen LogP contribution in [-0.2, 0) is 10.2 Å². The Bertz CT molecular complexity index is 218. The molecule has 0 bridgehead atoms. The van der Waals surface area contributed by atoms with Crippen LogP contribution in [0.25, 0.3) is 0 Å². The number of alkyl halides is 3. The Morgan fingerprint density at radius 2 is 1.58 bits per heavy atom. The molecule has 0 spiro atoms. The van der Waals surface area contributed by atoms with Crippen LogP contribution in [-0.4, -0.2) is 20.3 Å². The van der Waals surface area contributed by atoms with Crippen LogP contribution in [0.3, 0.4) is 0 Å². The lowest BCUT2D eigenvalue weighted by Gasteiger charge is -2.03. The number of hydrogen-bond acceptors (Lipinski definition) is 2. The van der Waals surface area contributed by atoms with Crippen LogP contribution in [0.1, 0.15) is 19.3 Å². The van der Waals surface area contributed by atoms with Crippen molar-refractivity contribution in [3.8, 4) is 0 Å². The highest BCUT2D eigenvalue weighted by Gasteiger charge is 2.26. The summed E-state index contributed by atoms with van der Waals surface area (Å²) in [6.45, 7) is 0. The predicted molar refractivity (Wildman–Crippen MR) is 34.8 cm³/mol. The first-order valence-electron chi connectivity index (χ1n) is 3.20. The van der Waals surface area contributed by atoms with Gasteiger partial charge in [0.1, 0.15) is 0 Å². The highest BCUT2D eigenvalue weighted by Crippen LogP contribution is 2.22. The average Bonchev–Trinajstić information content (AvgIpc) is 1.76. The Morgan fingerprint density at radius 1 is 1.08 bits per heavy atom. The smallest absolute Gasteiger partial charge is 0.195 e. The molecule has 0 aromatic carbocycles. The summed E-state index contributed by atoms with van der Waals surface area (Å²) in [5.74, 6) is -0.830. The van der Waals surface area contributed by atoms with Crippen LogP contribution in [0.5, 0.6) is 0 Å². The number of hydrogen-bond donors (Lipinski definition) is 0. The van der Waals surface area contributed by atoms with Crippen LogP contribution >= 0.6 is 0 Å². The van der Waals surface area contributed by atoms with Gasteiger partial charge < -0.3 is 0 Å². The van der Waals surface area contributed by atoms with Crippen molar-refractivity contribution < 1.29 is 25.5 Å². The molecule has 0 saturated heterocycles. The van der Waals surface area contributed by atoms with Gasteiger partial charge in [0.25, 0.3) is 0 Å². The highest BCUT2D eigenvalue weighted by atomic mass is 32.3. The van der Waals surface area contributed by atoms with E-state index in [2.05, 4.69) is 0 Å². The molecule has 2 nitrogen and oxygen atoms in total. The predicted octanol–water partition coefficient (Wildman–Crippen LogP) is 2.02. The molecule has 0 radical (unpaired) electrons. The maximum absolute atomic E-state index is 11.7. The lowest BCUT2D eigenvalue weighted by molar-refractivity contribution is -0.135. The maximum Gasteiger partial charge on any atom is 0.389 e. The molecule has 0 heterocycles. The SMILES string of the molecule is O=S(=O)(F)CCCCC(F)(F)F. The summed E-state index contributed by atoms with van der Waals surface area (Å²) in [5.41, 5.74) is 0. The Kier molecular flexibility index (Phi) is 3.95. The van der Waals surface area contributed by atoms with E-state index in [1.165, 1.54) is 0 Å². The van der Waals surface area contributed by atoms with E-state index in [1.807, 2.05) is 0 Å². The highest BCUT2D eigenvalue weighted by molar-refractivity contribution is 7.86. The Hall–Kier alpha value is -0.330. The first-order chi connectivity index (χ1) is 5.21. The molecule has 0 amide bonds. The van der Waals surface area contributed by atoms with Crippen molar-refractivity contribution in [1.82, 2.24) is 0 Å². The fraction of sp³-hybridized carbons (Fsp3) is 1.00. The van der Waals surface area contributed by atoms with Crippen molar-refractivity contribution in [2.24, 2.45) is 0 Å². The normalized spacial score (nSPS) is 13.3. The van der Waals surface area contributed by atoms with Gasteiger partial charge >= 0.3 is 16.4 Å². The molecule has 12 heavy (non-hydrogen) atoms. The Labute approximate surface area is 67.8 Å². The van der Waals surface area contributed by atoms with Crippen LogP contribution < -0.4 is 0 Å². The lowest BCUT2D eigenvalue weighted by atomic mass is 10.2. The number of halogens is 4. The molecule has 74 valence electrons. The van der Waals surface area contributed by atoms with E-state index in [0.717, 1.165) is 0 Å². The van der Waals surface area contributed by atoms with Gasteiger partial charge in [-0.3, -0.25) is 0 Å². The topological polar surface area (TPSA) is 34.1 Å². The third-order valence-corrected chi connectivity index (χ3v) is 1.87. The van der Waals surface area contributed by atoms with Crippen LogP contribution in [0.2, 0.25) is 0 Å². The monoisotopic (exact) mass is 208 g/mol. The summed E-state index contributed by atoms with van der Waals surface area (Å²) in [6, 6.07) is 0. The molecule has 0 aromatic heterocycles. The second kappa shape index (κ2) is 4.06. The van der Waals surface area contributed by atoms with Crippen molar-refractivity contribution in [2.75, 3.05) is 5.75 Å². The van der Waals surface area contributed by atoms with E-state index in [4.69, 9.17) is 0 Å². The molecule has 0 aliphatic heterocycles. The van der Waals surface area contributed by atoms with Crippen molar-refractivity contribution in [2.45, 2.75) is 25.4 Å². The third kappa shape index (κ3) is 9.67. The van der Waals surface area contributed by atoms with Crippen molar-refractivity contribution in [1.29, 1.82) is 0 Å². The second-order valence-corrected chi connectivity index (χ2v) is 3.80. The van der Waals surface area contributed by atoms with Crippen LogP contribution in [0.4, 0.5) is 17.1 Å². The summed E-state index contributed by atoms with van der Waals surface area (Å²) in [6.07, 6.45) is -6.01. The Morgan fingerprint density at radius 3 is 1.92 bits per heavy atom. The summed E-state index contributed by atoms with van der Waals surface area (Å²) < 4.78 is 65.6. The van der Waals surface area contributed by atoms with E-state index in [1.54, 1.807) is 0 Å². The Balaban J connectivity index is 3.48. The van der Waals surface area contributed by atoms with Crippen molar-refractivity contribution in [3.05, 3.63) is 0 Å². The molecular weight excluding hydrogens is 200 g/mol. The minimum absolute atomic E-state index is 0.293. The van der Waals surface area contributed by atoms with Gasteiger partial charge in [0.2, 0.25) is 0 Å². The summed E-state index contributed by atoms with van der Waals surface area (Å²) in [5, 5.41) is 0. The molecule has 0 aromatic rings. The third-order valence-electron chi connectivity index (χ3n) is 1.10. The fourth-order valence-corrected chi connectivity index (χ4v) is 1.15. The van der Waals surface area contributed by atoms with E-state index in [9.17, 15) is 25.5 Å². The minimum atomic E-state index is -4.61. The quantitative estimate of drug-likeness (QED) is 0.402. The molecule has 7 heteroatoms. The van der Waals surface area contributed by atoms with Gasteiger partial charge in [0.05, 0.1) is 5.75 Å². The molecule has 0 saturated carbocycles. The molecule has 0 fully saturated rings. The molecule has 0 rings (SSSR count). The average molecular weight is 208 g/mol. The molecule has 0 aliphatic rings. The van der Waals surface area contributed by atoms with Gasteiger partial charge in [-0.15, -0.1) is 3.89 Å². The van der Waals surface area contributed by atoms with Gasteiger partial charge in [-0.05, 0) is 12.8 Å². The summed E-state index contributed by atoms with van der Waals surface area (Å²) in [4.78, 5) is 0. The molecule has 0 atom stereocenters. The number of rotatable bonds is 4. The van der Waals surface area contributed by atoms with Gasteiger partial charge in [0, 0.05) is 6.42 Å². The summed E-state index contributed by atoms with van der Waals surface area (Å²) >= 11 is 0. The van der Waals surface area contributed by atoms with Crippen LogP contribution in [0.15, 0.2) is 0 Å². The second-order valence-electron chi connectivity index (χ2n) is 2.32. The largest absolute Gasteiger partial charge is 0.389 e. The lowest BCUT2D eigenvalue weighted by Crippen LogP contribution is -2.08. The molecule has 0 unspecified atom stereocenters. The van der Waals surface area contributed by atoms with Crippen LogP contribution in [0, 0.1) is 0 Å². The summed E-state index contributed by atoms with van der Waals surface area (Å²) in [7, 11) is -4.61. The van der Waals surface area contributed by atoms with E-state index >= 15 is 0 Å². The van der Waals surface area contributed by atoms with Gasteiger partial charge in [-0.25, -0.2) is 0 Å². The zero-order valence-corrected chi connectivity index (χ0v) is 6.88.